The maximum Gasteiger partial charge on any atom is 0.168 e. The van der Waals surface area contributed by atoms with E-state index in [1.165, 1.54) is 6.92 Å². The van der Waals surface area contributed by atoms with Crippen LogP contribution in [0.25, 0.3) is 0 Å². The summed E-state index contributed by atoms with van der Waals surface area (Å²) in [6, 6.07) is 23.2. The summed E-state index contributed by atoms with van der Waals surface area (Å²) in [5, 5.41) is 0.431. The number of carbonyl (C=O) groups is 3. The Morgan fingerprint density at radius 2 is 1.41 bits per heavy atom. The van der Waals surface area contributed by atoms with E-state index in [-0.39, 0.29) is 30.2 Å². The van der Waals surface area contributed by atoms with Gasteiger partial charge in [-0.3, -0.25) is 14.4 Å². The van der Waals surface area contributed by atoms with Crippen molar-refractivity contribution >= 4 is 29.0 Å². The number of ketones is 3. The van der Waals surface area contributed by atoms with Gasteiger partial charge in [-0.05, 0) is 30.2 Å². The zero-order valence-corrected chi connectivity index (χ0v) is 16.9. The standard InChI is InChI=1S/C25H21ClO3/c1-17(27)22(19-7-3-2-4-8-19)16-24(28)20-13-11-18(12-14-20)15-25(29)21-9-5-6-10-23(21)26/h2-14,22H,15-16H2,1H3. The van der Waals surface area contributed by atoms with Crippen LogP contribution >= 0.6 is 11.6 Å². The Morgan fingerprint density at radius 1 is 0.793 bits per heavy atom. The largest absolute Gasteiger partial charge is 0.299 e. The molecule has 29 heavy (non-hydrogen) atoms. The number of Topliss-reactive ketones (excluding diaryl/α,β-unsaturated/α-hetero) is 3. The van der Waals surface area contributed by atoms with Gasteiger partial charge in [-0.15, -0.1) is 0 Å². The maximum absolute atomic E-state index is 12.7. The van der Waals surface area contributed by atoms with Crippen LogP contribution in [0.3, 0.4) is 0 Å². The Labute approximate surface area is 175 Å². The Kier molecular flexibility index (Phi) is 6.73. The van der Waals surface area contributed by atoms with Gasteiger partial charge in [-0.25, -0.2) is 0 Å². The van der Waals surface area contributed by atoms with Gasteiger partial charge >= 0.3 is 0 Å². The van der Waals surface area contributed by atoms with Crippen molar-refractivity contribution in [2.75, 3.05) is 0 Å². The Bertz CT molecular complexity index is 1020. The predicted octanol–water partition coefficient (Wildman–Crippen LogP) is 5.71. The second-order valence-corrected chi connectivity index (χ2v) is 7.39. The van der Waals surface area contributed by atoms with Crippen LogP contribution in [-0.2, 0) is 11.2 Å². The Morgan fingerprint density at radius 3 is 2.03 bits per heavy atom. The Hall–Kier alpha value is -3.04. The second kappa shape index (κ2) is 9.44. The van der Waals surface area contributed by atoms with Crippen molar-refractivity contribution in [1.29, 1.82) is 0 Å². The third-order valence-corrected chi connectivity index (χ3v) is 5.23. The number of hydrogen-bond acceptors (Lipinski definition) is 3. The summed E-state index contributed by atoms with van der Waals surface area (Å²) < 4.78 is 0. The molecular weight excluding hydrogens is 384 g/mol. The molecule has 3 aromatic rings. The zero-order chi connectivity index (χ0) is 20.8. The molecule has 0 aliphatic carbocycles. The van der Waals surface area contributed by atoms with E-state index in [9.17, 15) is 14.4 Å². The fourth-order valence-corrected chi connectivity index (χ4v) is 3.50. The lowest BCUT2D eigenvalue weighted by atomic mass is 9.88. The van der Waals surface area contributed by atoms with E-state index in [1.54, 1.807) is 48.5 Å². The van der Waals surface area contributed by atoms with Crippen molar-refractivity contribution in [3.63, 3.8) is 0 Å². The van der Waals surface area contributed by atoms with Gasteiger partial charge in [0.25, 0.3) is 0 Å². The summed E-state index contributed by atoms with van der Waals surface area (Å²) >= 11 is 6.08. The Balaban J connectivity index is 1.69. The second-order valence-electron chi connectivity index (χ2n) is 6.98. The number of halogens is 1. The van der Waals surface area contributed by atoms with Gasteiger partial charge in [-0.2, -0.15) is 0 Å². The summed E-state index contributed by atoms with van der Waals surface area (Å²) in [7, 11) is 0. The van der Waals surface area contributed by atoms with Crippen molar-refractivity contribution in [3.05, 3.63) is 106 Å². The monoisotopic (exact) mass is 404 g/mol. The predicted molar refractivity (Wildman–Crippen MR) is 115 cm³/mol. The number of rotatable bonds is 8. The summed E-state index contributed by atoms with van der Waals surface area (Å²) in [6.07, 6.45) is 0.329. The van der Waals surface area contributed by atoms with E-state index in [2.05, 4.69) is 0 Å². The van der Waals surface area contributed by atoms with E-state index in [1.807, 2.05) is 30.3 Å². The molecular formula is C25H21ClO3. The minimum Gasteiger partial charge on any atom is -0.299 e. The lowest BCUT2D eigenvalue weighted by Crippen LogP contribution is -2.14. The normalized spacial score (nSPS) is 11.7. The molecule has 0 heterocycles. The molecule has 1 unspecified atom stereocenters. The van der Waals surface area contributed by atoms with E-state index in [4.69, 9.17) is 11.6 Å². The smallest absolute Gasteiger partial charge is 0.168 e. The first-order valence-electron chi connectivity index (χ1n) is 9.41. The molecule has 0 radical (unpaired) electrons. The quantitative estimate of drug-likeness (QED) is 0.452. The molecule has 0 N–H and O–H groups in total. The summed E-state index contributed by atoms with van der Waals surface area (Å²) in [4.78, 5) is 37.2. The molecule has 4 heteroatoms. The summed E-state index contributed by atoms with van der Waals surface area (Å²) in [5.41, 5.74) is 2.66. The molecule has 0 fully saturated rings. The fourth-order valence-electron chi connectivity index (χ4n) is 3.26. The molecule has 0 bridgehead atoms. The van der Waals surface area contributed by atoms with E-state index in [0.29, 0.717) is 16.1 Å². The maximum atomic E-state index is 12.7. The van der Waals surface area contributed by atoms with Crippen LogP contribution in [0.15, 0.2) is 78.9 Å². The number of carbonyl (C=O) groups excluding carboxylic acids is 3. The highest BCUT2D eigenvalue weighted by atomic mass is 35.5. The van der Waals surface area contributed by atoms with Gasteiger partial charge in [0.05, 0.1) is 5.02 Å². The average molecular weight is 405 g/mol. The van der Waals surface area contributed by atoms with E-state index < -0.39 is 5.92 Å². The van der Waals surface area contributed by atoms with Crippen LogP contribution in [0.4, 0.5) is 0 Å². The molecule has 0 amide bonds. The van der Waals surface area contributed by atoms with E-state index >= 15 is 0 Å². The molecule has 146 valence electrons. The molecule has 3 rings (SSSR count). The molecule has 3 nitrogen and oxygen atoms in total. The third kappa shape index (κ3) is 5.27. The molecule has 0 spiro atoms. The van der Waals surface area contributed by atoms with Gasteiger partial charge in [-0.1, -0.05) is 78.3 Å². The van der Waals surface area contributed by atoms with Gasteiger partial charge in [0.2, 0.25) is 0 Å². The lowest BCUT2D eigenvalue weighted by Gasteiger charge is -2.13. The fraction of sp³-hybridized carbons (Fsp3) is 0.160. The lowest BCUT2D eigenvalue weighted by molar-refractivity contribution is -0.118. The highest BCUT2D eigenvalue weighted by Gasteiger charge is 2.21. The molecule has 0 aliphatic rings. The van der Waals surface area contributed by atoms with Crippen LogP contribution in [0.2, 0.25) is 5.02 Å². The molecule has 1 atom stereocenters. The summed E-state index contributed by atoms with van der Waals surface area (Å²) in [5.74, 6) is -0.662. The molecule has 3 aromatic carbocycles. The minimum absolute atomic E-state index is 0.0356. The highest BCUT2D eigenvalue weighted by Crippen LogP contribution is 2.23. The first-order chi connectivity index (χ1) is 14.0. The topological polar surface area (TPSA) is 51.2 Å². The SMILES string of the molecule is CC(=O)C(CC(=O)c1ccc(CC(=O)c2ccccc2Cl)cc1)c1ccccc1. The van der Waals surface area contributed by atoms with Crippen molar-refractivity contribution < 1.29 is 14.4 Å². The van der Waals surface area contributed by atoms with Gasteiger partial charge in [0.1, 0.15) is 5.78 Å². The van der Waals surface area contributed by atoms with Crippen molar-refractivity contribution in [1.82, 2.24) is 0 Å². The van der Waals surface area contributed by atoms with E-state index in [0.717, 1.165) is 11.1 Å². The van der Waals surface area contributed by atoms with Crippen molar-refractivity contribution in [2.45, 2.75) is 25.7 Å². The summed E-state index contributed by atoms with van der Waals surface area (Å²) in [6.45, 7) is 1.51. The first-order valence-corrected chi connectivity index (χ1v) is 9.78. The molecule has 0 aliphatic heterocycles. The van der Waals surface area contributed by atoms with Gasteiger partial charge < -0.3 is 0 Å². The minimum atomic E-state index is -0.454. The van der Waals surface area contributed by atoms with Crippen LogP contribution in [-0.4, -0.2) is 17.3 Å². The van der Waals surface area contributed by atoms with Crippen LogP contribution in [0.5, 0.6) is 0 Å². The van der Waals surface area contributed by atoms with Crippen LogP contribution < -0.4 is 0 Å². The molecule has 0 aromatic heterocycles. The highest BCUT2D eigenvalue weighted by molar-refractivity contribution is 6.34. The molecule has 0 saturated carbocycles. The van der Waals surface area contributed by atoms with Crippen molar-refractivity contribution in [3.8, 4) is 0 Å². The van der Waals surface area contributed by atoms with Gasteiger partial charge in [0, 0.05) is 29.9 Å². The zero-order valence-electron chi connectivity index (χ0n) is 16.1. The third-order valence-electron chi connectivity index (χ3n) is 4.90. The van der Waals surface area contributed by atoms with Crippen molar-refractivity contribution in [2.24, 2.45) is 0 Å². The van der Waals surface area contributed by atoms with Crippen LogP contribution in [0.1, 0.15) is 51.1 Å². The average Bonchev–Trinajstić information content (AvgIpc) is 2.73. The first kappa shape index (κ1) is 20.7. The number of benzene rings is 3. The number of hydrogen-bond donors (Lipinski definition) is 0. The van der Waals surface area contributed by atoms with Crippen LogP contribution in [0, 0.1) is 0 Å². The molecule has 0 saturated heterocycles. The van der Waals surface area contributed by atoms with Gasteiger partial charge in [0.15, 0.2) is 11.6 Å².